The van der Waals surface area contributed by atoms with E-state index in [-0.39, 0.29) is 35.9 Å². The molecule has 0 unspecified atom stereocenters. The van der Waals surface area contributed by atoms with E-state index < -0.39 is 16.0 Å². The van der Waals surface area contributed by atoms with Crippen molar-refractivity contribution in [3.63, 3.8) is 0 Å². The van der Waals surface area contributed by atoms with E-state index in [0.29, 0.717) is 5.56 Å². The SMILES string of the molecule is Cc1cccc(S(=O)(=O)N2CC(CC(=O)O)C2)c1C#N. The number of benzene rings is 1. The molecule has 0 bridgehead atoms. The Morgan fingerprint density at radius 3 is 2.70 bits per heavy atom. The summed E-state index contributed by atoms with van der Waals surface area (Å²) in [7, 11) is -3.72. The lowest BCUT2D eigenvalue weighted by Gasteiger charge is -2.37. The lowest BCUT2D eigenvalue weighted by atomic mass is 10.00. The number of hydrogen-bond acceptors (Lipinski definition) is 4. The van der Waals surface area contributed by atoms with E-state index in [4.69, 9.17) is 10.4 Å². The molecule has 0 aromatic heterocycles. The molecule has 1 fully saturated rings. The van der Waals surface area contributed by atoms with Crippen LogP contribution in [-0.4, -0.2) is 36.9 Å². The van der Waals surface area contributed by atoms with Gasteiger partial charge in [0.05, 0.1) is 12.0 Å². The quantitative estimate of drug-likeness (QED) is 0.891. The molecule has 2 rings (SSSR count). The van der Waals surface area contributed by atoms with Gasteiger partial charge in [0.15, 0.2) is 0 Å². The van der Waals surface area contributed by atoms with Crippen molar-refractivity contribution in [2.75, 3.05) is 13.1 Å². The maximum Gasteiger partial charge on any atom is 0.303 e. The molecule has 0 amide bonds. The number of nitriles is 1. The molecule has 20 heavy (non-hydrogen) atoms. The van der Waals surface area contributed by atoms with Crippen LogP contribution in [0.5, 0.6) is 0 Å². The molecule has 106 valence electrons. The van der Waals surface area contributed by atoms with Crippen molar-refractivity contribution in [2.45, 2.75) is 18.2 Å². The highest BCUT2D eigenvalue weighted by molar-refractivity contribution is 7.89. The number of carbonyl (C=O) groups is 1. The minimum Gasteiger partial charge on any atom is -0.481 e. The van der Waals surface area contributed by atoms with Crippen molar-refractivity contribution < 1.29 is 18.3 Å². The van der Waals surface area contributed by atoms with Gasteiger partial charge in [-0.3, -0.25) is 4.79 Å². The fourth-order valence-electron chi connectivity index (χ4n) is 2.23. The first kappa shape index (κ1) is 14.5. The Kier molecular flexibility index (Phi) is 3.79. The van der Waals surface area contributed by atoms with E-state index >= 15 is 0 Å². The summed E-state index contributed by atoms with van der Waals surface area (Å²) in [4.78, 5) is 10.6. The molecule has 1 heterocycles. The fraction of sp³-hybridized carbons (Fsp3) is 0.385. The Morgan fingerprint density at radius 1 is 1.50 bits per heavy atom. The third-order valence-corrected chi connectivity index (χ3v) is 5.23. The molecular weight excluding hydrogens is 280 g/mol. The zero-order valence-electron chi connectivity index (χ0n) is 10.9. The van der Waals surface area contributed by atoms with Crippen LogP contribution < -0.4 is 0 Å². The summed E-state index contributed by atoms with van der Waals surface area (Å²) in [5, 5.41) is 17.8. The van der Waals surface area contributed by atoms with Crippen LogP contribution in [0.15, 0.2) is 23.1 Å². The van der Waals surface area contributed by atoms with Crippen LogP contribution in [0.4, 0.5) is 0 Å². The Hall–Kier alpha value is -1.91. The summed E-state index contributed by atoms with van der Waals surface area (Å²) in [6.07, 6.45) is -0.0368. The van der Waals surface area contributed by atoms with Gasteiger partial charge in [-0.25, -0.2) is 8.42 Å². The average Bonchev–Trinajstić information content (AvgIpc) is 2.32. The summed E-state index contributed by atoms with van der Waals surface area (Å²) < 4.78 is 26.0. The molecule has 0 aliphatic carbocycles. The van der Waals surface area contributed by atoms with Crippen LogP contribution in [0.1, 0.15) is 17.5 Å². The molecule has 0 atom stereocenters. The maximum atomic E-state index is 12.4. The normalized spacial score (nSPS) is 16.4. The zero-order valence-corrected chi connectivity index (χ0v) is 11.7. The lowest BCUT2D eigenvalue weighted by molar-refractivity contribution is -0.139. The highest BCUT2D eigenvalue weighted by Crippen LogP contribution is 2.29. The number of hydrogen-bond donors (Lipinski definition) is 1. The van der Waals surface area contributed by atoms with Crippen molar-refractivity contribution in [3.05, 3.63) is 29.3 Å². The van der Waals surface area contributed by atoms with E-state index in [1.54, 1.807) is 19.1 Å². The van der Waals surface area contributed by atoms with Crippen LogP contribution in [0.3, 0.4) is 0 Å². The van der Waals surface area contributed by atoms with Crippen molar-refractivity contribution in [1.29, 1.82) is 5.26 Å². The molecule has 0 spiro atoms. The van der Waals surface area contributed by atoms with Gasteiger partial charge >= 0.3 is 5.97 Å². The highest BCUT2D eigenvalue weighted by atomic mass is 32.2. The van der Waals surface area contributed by atoms with Gasteiger partial charge in [0.1, 0.15) is 11.0 Å². The van der Waals surface area contributed by atoms with E-state index in [9.17, 15) is 13.2 Å². The molecule has 1 N–H and O–H groups in total. The number of sulfonamides is 1. The van der Waals surface area contributed by atoms with Crippen molar-refractivity contribution in [2.24, 2.45) is 5.92 Å². The third kappa shape index (κ3) is 2.53. The Bertz CT molecular complexity index is 685. The second-order valence-electron chi connectivity index (χ2n) is 4.85. The maximum absolute atomic E-state index is 12.4. The van der Waals surface area contributed by atoms with Crippen LogP contribution in [0.25, 0.3) is 0 Å². The van der Waals surface area contributed by atoms with Gasteiger partial charge in [-0.1, -0.05) is 12.1 Å². The number of aryl methyl sites for hydroxylation is 1. The van der Waals surface area contributed by atoms with Crippen LogP contribution >= 0.6 is 0 Å². The Balaban J connectivity index is 2.24. The average molecular weight is 294 g/mol. The Labute approximate surface area is 117 Å². The van der Waals surface area contributed by atoms with E-state index in [0.717, 1.165) is 0 Å². The fourth-order valence-corrected chi connectivity index (χ4v) is 4.04. The van der Waals surface area contributed by atoms with Gasteiger partial charge < -0.3 is 5.11 Å². The first-order chi connectivity index (χ1) is 9.36. The zero-order chi connectivity index (χ0) is 14.9. The standard InChI is InChI=1S/C13H14N2O4S/c1-9-3-2-4-12(11(9)6-14)20(18,19)15-7-10(8-15)5-13(16)17/h2-4,10H,5,7-8H2,1H3,(H,16,17). The summed E-state index contributed by atoms with van der Waals surface area (Å²) >= 11 is 0. The summed E-state index contributed by atoms with van der Waals surface area (Å²) in [5.74, 6) is -1.09. The monoisotopic (exact) mass is 294 g/mol. The molecule has 1 aromatic carbocycles. The topological polar surface area (TPSA) is 98.5 Å². The molecule has 0 radical (unpaired) electrons. The minimum atomic E-state index is -3.72. The van der Waals surface area contributed by atoms with E-state index in [1.807, 2.05) is 6.07 Å². The Morgan fingerprint density at radius 2 is 2.15 bits per heavy atom. The number of carboxylic acid groups (broad SMARTS) is 1. The number of carboxylic acids is 1. The third-order valence-electron chi connectivity index (χ3n) is 3.35. The molecule has 1 saturated heterocycles. The summed E-state index contributed by atoms with van der Waals surface area (Å²) in [6, 6.07) is 6.60. The predicted molar refractivity (Wildman–Crippen MR) is 70.4 cm³/mol. The smallest absolute Gasteiger partial charge is 0.303 e. The minimum absolute atomic E-state index is 0.00576. The van der Waals surface area contributed by atoms with Gasteiger partial charge in [0.25, 0.3) is 0 Å². The molecule has 1 aliphatic heterocycles. The van der Waals surface area contributed by atoms with Gasteiger partial charge in [-0.15, -0.1) is 0 Å². The van der Waals surface area contributed by atoms with Crippen LogP contribution in [0.2, 0.25) is 0 Å². The van der Waals surface area contributed by atoms with E-state index in [1.165, 1.54) is 10.4 Å². The molecule has 7 heteroatoms. The number of aliphatic carboxylic acids is 1. The van der Waals surface area contributed by atoms with Crippen LogP contribution in [-0.2, 0) is 14.8 Å². The van der Waals surface area contributed by atoms with E-state index in [2.05, 4.69) is 0 Å². The molecular formula is C13H14N2O4S. The van der Waals surface area contributed by atoms with Crippen molar-refractivity contribution in [1.82, 2.24) is 4.31 Å². The molecule has 6 nitrogen and oxygen atoms in total. The van der Waals surface area contributed by atoms with Crippen molar-refractivity contribution in [3.8, 4) is 6.07 Å². The van der Waals surface area contributed by atoms with Gasteiger partial charge in [0, 0.05) is 13.1 Å². The molecule has 1 aliphatic rings. The van der Waals surface area contributed by atoms with Gasteiger partial charge in [0.2, 0.25) is 10.0 Å². The molecule has 0 saturated carbocycles. The van der Waals surface area contributed by atoms with Crippen molar-refractivity contribution >= 4 is 16.0 Å². The number of nitrogens with zero attached hydrogens (tertiary/aromatic N) is 2. The largest absolute Gasteiger partial charge is 0.481 e. The van der Waals surface area contributed by atoms with Crippen LogP contribution in [0, 0.1) is 24.2 Å². The second-order valence-corrected chi connectivity index (χ2v) is 6.75. The van der Waals surface area contributed by atoms with Gasteiger partial charge in [-0.05, 0) is 24.5 Å². The highest BCUT2D eigenvalue weighted by Gasteiger charge is 2.38. The van der Waals surface area contributed by atoms with Gasteiger partial charge in [-0.2, -0.15) is 9.57 Å². The summed E-state index contributed by atoms with van der Waals surface area (Å²) in [5.41, 5.74) is 0.755. The summed E-state index contributed by atoms with van der Waals surface area (Å²) in [6.45, 7) is 2.06. The first-order valence-corrected chi connectivity index (χ1v) is 7.52. The number of rotatable bonds is 4. The lowest BCUT2D eigenvalue weighted by Crippen LogP contribution is -2.50. The predicted octanol–water partition coefficient (Wildman–Crippen LogP) is 0.962. The second kappa shape index (κ2) is 5.23. The molecule has 1 aromatic rings. The first-order valence-electron chi connectivity index (χ1n) is 6.08.